The molecule has 0 saturated carbocycles. The largest absolute Gasteiger partial charge is 0.395 e. The van der Waals surface area contributed by atoms with Crippen LogP contribution >= 0.6 is 0 Å². The number of fused-ring (bicyclic) bond motifs is 1. The summed E-state index contributed by atoms with van der Waals surface area (Å²) in [6, 6.07) is 2.01. The van der Waals surface area contributed by atoms with Gasteiger partial charge in [-0.1, -0.05) is 13.8 Å². The van der Waals surface area contributed by atoms with Crippen LogP contribution in [0.2, 0.25) is 0 Å². The Balaban J connectivity index is 2.46. The number of hydrogen-bond donors (Lipinski definition) is 2. The Morgan fingerprint density at radius 1 is 1.26 bits per heavy atom. The molecule has 2 aromatic rings. The Morgan fingerprint density at radius 2 is 1.95 bits per heavy atom. The van der Waals surface area contributed by atoms with Gasteiger partial charge in [-0.15, -0.1) is 0 Å². The summed E-state index contributed by atoms with van der Waals surface area (Å²) in [5.41, 5.74) is 1.90. The number of aliphatic hydroxyl groups is 2. The molecule has 2 rings (SSSR count). The van der Waals surface area contributed by atoms with Crippen LogP contribution in [0, 0.1) is 0 Å². The molecule has 0 spiro atoms. The van der Waals surface area contributed by atoms with E-state index in [0.29, 0.717) is 19.0 Å². The van der Waals surface area contributed by atoms with Crippen molar-refractivity contribution in [1.29, 1.82) is 0 Å². The smallest absolute Gasteiger partial charge is 0.154 e. The average Bonchev–Trinajstić information content (AvgIpc) is 2.82. The molecule has 0 aliphatic heterocycles. The molecule has 0 radical (unpaired) electrons. The van der Waals surface area contributed by atoms with Gasteiger partial charge < -0.3 is 15.1 Å². The molecule has 2 N–H and O–H groups in total. The monoisotopic (exact) mass is 264 g/mol. The fourth-order valence-electron chi connectivity index (χ4n) is 2.02. The Bertz CT molecular complexity index is 532. The first-order valence-corrected chi connectivity index (χ1v) is 6.48. The van der Waals surface area contributed by atoms with E-state index in [4.69, 9.17) is 10.2 Å². The second kappa shape index (κ2) is 5.99. The molecular formula is C13H20N4O2. The summed E-state index contributed by atoms with van der Waals surface area (Å²) in [4.78, 5) is 6.22. The maximum Gasteiger partial charge on any atom is 0.154 e. The third kappa shape index (κ3) is 2.85. The van der Waals surface area contributed by atoms with E-state index in [1.807, 2.05) is 11.0 Å². The molecule has 0 unspecified atom stereocenters. The number of rotatable bonds is 6. The van der Waals surface area contributed by atoms with Gasteiger partial charge in [0.25, 0.3) is 0 Å². The predicted molar refractivity (Wildman–Crippen MR) is 73.5 cm³/mol. The van der Waals surface area contributed by atoms with Crippen molar-refractivity contribution in [2.45, 2.75) is 19.8 Å². The number of nitrogens with zero attached hydrogens (tertiary/aromatic N) is 4. The highest BCUT2D eigenvalue weighted by Gasteiger charge is 2.14. The summed E-state index contributed by atoms with van der Waals surface area (Å²) >= 11 is 0. The minimum absolute atomic E-state index is 0.0217. The van der Waals surface area contributed by atoms with Gasteiger partial charge in [-0.25, -0.2) is 9.50 Å². The fraction of sp³-hybridized carbons (Fsp3) is 0.538. The highest BCUT2D eigenvalue weighted by molar-refractivity contribution is 5.69. The van der Waals surface area contributed by atoms with Crippen LogP contribution in [-0.2, 0) is 0 Å². The molecule has 0 atom stereocenters. The highest BCUT2D eigenvalue weighted by atomic mass is 16.3. The number of hydrogen-bond acceptors (Lipinski definition) is 5. The van der Waals surface area contributed by atoms with Crippen molar-refractivity contribution in [3.63, 3.8) is 0 Å². The van der Waals surface area contributed by atoms with Gasteiger partial charge in [-0.05, 0) is 12.0 Å². The molecule has 0 amide bonds. The molecule has 6 nitrogen and oxygen atoms in total. The SMILES string of the molecule is CC(C)c1cc2c(N(CCO)CCO)nccn2n1. The van der Waals surface area contributed by atoms with Crippen LogP contribution in [0.5, 0.6) is 0 Å². The molecule has 2 heterocycles. The van der Waals surface area contributed by atoms with Crippen LogP contribution in [0.4, 0.5) is 5.82 Å². The standard InChI is InChI=1S/C13H20N4O2/c1-10(2)11-9-12-13(14-3-4-17(12)15-11)16(5-7-18)6-8-19/h3-4,9-10,18-19H,5-8H2,1-2H3. The zero-order valence-corrected chi connectivity index (χ0v) is 11.3. The molecule has 0 aliphatic carbocycles. The van der Waals surface area contributed by atoms with Crippen LogP contribution in [-0.4, -0.2) is 51.1 Å². The van der Waals surface area contributed by atoms with E-state index in [-0.39, 0.29) is 13.2 Å². The van der Waals surface area contributed by atoms with Gasteiger partial charge in [0.1, 0.15) is 5.52 Å². The van der Waals surface area contributed by atoms with E-state index in [9.17, 15) is 0 Å². The second-order valence-corrected chi connectivity index (χ2v) is 4.74. The van der Waals surface area contributed by atoms with Crippen molar-refractivity contribution in [3.05, 3.63) is 24.2 Å². The van der Waals surface area contributed by atoms with Gasteiger partial charge in [0.15, 0.2) is 5.82 Å². The number of aromatic nitrogens is 3. The molecule has 0 bridgehead atoms. The van der Waals surface area contributed by atoms with E-state index < -0.39 is 0 Å². The molecule has 19 heavy (non-hydrogen) atoms. The van der Waals surface area contributed by atoms with E-state index in [1.165, 1.54) is 0 Å². The summed E-state index contributed by atoms with van der Waals surface area (Å²) in [6.07, 6.45) is 3.49. The van der Waals surface area contributed by atoms with Crippen molar-refractivity contribution >= 4 is 11.3 Å². The summed E-state index contributed by atoms with van der Waals surface area (Å²) in [6.45, 7) is 5.11. The first kappa shape index (κ1) is 13.8. The van der Waals surface area contributed by atoms with Crippen molar-refractivity contribution in [2.24, 2.45) is 0 Å². The Morgan fingerprint density at radius 3 is 2.53 bits per heavy atom. The van der Waals surface area contributed by atoms with Gasteiger partial charge in [0.2, 0.25) is 0 Å². The second-order valence-electron chi connectivity index (χ2n) is 4.74. The number of anilines is 1. The van der Waals surface area contributed by atoms with Crippen LogP contribution in [0.1, 0.15) is 25.5 Å². The van der Waals surface area contributed by atoms with Crippen molar-refractivity contribution in [3.8, 4) is 0 Å². The number of aliphatic hydroxyl groups excluding tert-OH is 2. The van der Waals surface area contributed by atoms with Gasteiger partial charge in [-0.2, -0.15) is 5.10 Å². The van der Waals surface area contributed by atoms with Gasteiger partial charge in [-0.3, -0.25) is 0 Å². The zero-order valence-electron chi connectivity index (χ0n) is 11.3. The Kier molecular flexibility index (Phi) is 4.34. The van der Waals surface area contributed by atoms with Gasteiger partial charge >= 0.3 is 0 Å². The normalized spacial score (nSPS) is 11.4. The van der Waals surface area contributed by atoms with Crippen LogP contribution < -0.4 is 4.90 Å². The summed E-state index contributed by atoms with van der Waals surface area (Å²) in [7, 11) is 0. The first-order chi connectivity index (χ1) is 9.17. The van der Waals surface area contributed by atoms with Crippen LogP contribution in [0.3, 0.4) is 0 Å². The lowest BCUT2D eigenvalue weighted by molar-refractivity contribution is 0.281. The average molecular weight is 264 g/mol. The lowest BCUT2D eigenvalue weighted by Crippen LogP contribution is -2.30. The van der Waals surface area contributed by atoms with Crippen molar-refractivity contribution < 1.29 is 10.2 Å². The van der Waals surface area contributed by atoms with Gasteiger partial charge in [0, 0.05) is 25.5 Å². The Hall–Kier alpha value is -1.66. The van der Waals surface area contributed by atoms with Crippen LogP contribution in [0.25, 0.3) is 5.52 Å². The maximum absolute atomic E-state index is 9.12. The molecule has 6 heteroatoms. The molecular weight excluding hydrogens is 244 g/mol. The molecule has 0 fully saturated rings. The quantitative estimate of drug-likeness (QED) is 0.801. The summed E-state index contributed by atoms with van der Waals surface area (Å²) in [5.74, 6) is 1.09. The first-order valence-electron chi connectivity index (χ1n) is 6.48. The summed E-state index contributed by atoms with van der Waals surface area (Å²) < 4.78 is 1.79. The molecule has 0 aromatic carbocycles. The van der Waals surface area contributed by atoms with E-state index in [1.54, 1.807) is 16.9 Å². The molecule has 0 aliphatic rings. The van der Waals surface area contributed by atoms with E-state index >= 15 is 0 Å². The van der Waals surface area contributed by atoms with Crippen molar-refractivity contribution in [1.82, 2.24) is 14.6 Å². The van der Waals surface area contributed by atoms with Crippen molar-refractivity contribution in [2.75, 3.05) is 31.2 Å². The Labute approximate surface area is 112 Å². The minimum atomic E-state index is 0.0217. The minimum Gasteiger partial charge on any atom is -0.395 e. The zero-order chi connectivity index (χ0) is 13.8. The van der Waals surface area contributed by atoms with Gasteiger partial charge in [0.05, 0.1) is 18.9 Å². The molecule has 2 aromatic heterocycles. The van der Waals surface area contributed by atoms with Crippen LogP contribution in [0.15, 0.2) is 18.5 Å². The topological polar surface area (TPSA) is 73.9 Å². The lowest BCUT2D eigenvalue weighted by Gasteiger charge is -2.22. The third-order valence-electron chi connectivity index (χ3n) is 3.02. The summed E-state index contributed by atoms with van der Waals surface area (Å²) in [5, 5.41) is 22.7. The third-order valence-corrected chi connectivity index (χ3v) is 3.02. The van der Waals surface area contributed by atoms with E-state index in [0.717, 1.165) is 17.0 Å². The van der Waals surface area contributed by atoms with E-state index in [2.05, 4.69) is 23.9 Å². The molecule has 104 valence electrons. The molecule has 0 saturated heterocycles. The maximum atomic E-state index is 9.12. The lowest BCUT2D eigenvalue weighted by atomic mass is 10.1. The predicted octanol–water partition coefficient (Wildman–Crippen LogP) is 0.644. The fourth-order valence-corrected chi connectivity index (χ4v) is 2.02. The highest BCUT2D eigenvalue weighted by Crippen LogP contribution is 2.22.